The van der Waals surface area contributed by atoms with E-state index in [9.17, 15) is 10.2 Å². The van der Waals surface area contributed by atoms with Gasteiger partial charge in [-0.05, 0) is 138 Å². The Hall–Kier alpha value is -6.73. The van der Waals surface area contributed by atoms with E-state index >= 15 is 0 Å². The van der Waals surface area contributed by atoms with Crippen molar-refractivity contribution in [1.29, 1.82) is 0 Å². The number of aliphatic hydroxyl groups is 2. The summed E-state index contributed by atoms with van der Waals surface area (Å²) < 4.78 is 0. The van der Waals surface area contributed by atoms with Gasteiger partial charge in [-0.2, -0.15) is 0 Å². The molecule has 2 unspecified atom stereocenters. The number of pyridine rings is 1. The first kappa shape index (κ1) is 38.2. The lowest BCUT2D eigenvalue weighted by Crippen LogP contribution is -2.18. The van der Waals surface area contributed by atoms with Gasteiger partial charge in [-0.15, -0.1) is 0 Å². The number of hydrogen-bond donors (Lipinski definition) is 3. The molecule has 1 aromatic heterocycles. The third kappa shape index (κ3) is 8.95. The molecule has 0 spiro atoms. The highest BCUT2D eigenvalue weighted by Crippen LogP contribution is 2.37. The summed E-state index contributed by atoms with van der Waals surface area (Å²) in [6, 6.07) is 58.0. The van der Waals surface area contributed by atoms with E-state index in [4.69, 9.17) is 0 Å². The number of nitrogens with zero attached hydrogens (tertiary/aromatic N) is 3. The molecule has 2 heterocycles. The monoisotopic (exact) mass is 760 g/mol. The predicted octanol–water partition coefficient (Wildman–Crippen LogP) is 11.9. The maximum atomic E-state index is 11.4. The van der Waals surface area contributed by atoms with Crippen molar-refractivity contribution in [3.8, 4) is 0 Å². The Kier molecular flexibility index (Phi) is 11.6. The third-order valence-corrected chi connectivity index (χ3v) is 10.6. The standard InChI is InChI=1S/C52H48N4O2/c1-37-11-9-17-47(31-37)55(43-13-5-3-6-14-43)45-23-19-41(20-24-45)51(57)35-39-27-29-53-49(33-39)50-34-40(28-30-54-50)36-52(58)42-21-25-46(26-22-42)56(44-15-7-4-8-16-44)48-18-10-12-38(2)32-48/h3-29,31-34,51-52,54,57-58H,30,35-36H2,1-2H3. The fraction of sp³-hybridized carbons (Fsp3) is 0.135. The molecule has 0 saturated carbocycles. The molecular formula is C52H48N4O2. The number of aromatic nitrogens is 1. The summed E-state index contributed by atoms with van der Waals surface area (Å²) in [6.45, 7) is 4.84. The Morgan fingerprint density at radius 3 is 1.53 bits per heavy atom. The molecule has 7 aromatic rings. The molecule has 3 N–H and O–H groups in total. The molecular weight excluding hydrogens is 713 g/mol. The van der Waals surface area contributed by atoms with Crippen LogP contribution >= 0.6 is 0 Å². The van der Waals surface area contributed by atoms with E-state index in [1.807, 2.05) is 72.8 Å². The minimum absolute atomic E-state index is 0.450. The van der Waals surface area contributed by atoms with Crippen molar-refractivity contribution in [2.45, 2.75) is 38.9 Å². The number of anilines is 6. The summed E-state index contributed by atoms with van der Waals surface area (Å²) in [5.74, 6) is 0. The van der Waals surface area contributed by atoms with Crippen molar-refractivity contribution in [3.63, 3.8) is 0 Å². The minimum Gasteiger partial charge on any atom is -0.388 e. The Bertz CT molecular complexity index is 2510. The molecule has 6 aromatic carbocycles. The fourth-order valence-electron chi connectivity index (χ4n) is 7.60. The first-order valence-corrected chi connectivity index (χ1v) is 19.9. The fourth-order valence-corrected chi connectivity index (χ4v) is 7.60. The van der Waals surface area contributed by atoms with E-state index < -0.39 is 12.2 Å². The lowest BCUT2D eigenvalue weighted by molar-refractivity contribution is 0.178. The normalized spacial score (nSPS) is 13.4. The number of hydrogen-bond acceptors (Lipinski definition) is 6. The second-order valence-electron chi connectivity index (χ2n) is 14.9. The van der Waals surface area contributed by atoms with Crippen LogP contribution in [0.25, 0.3) is 5.70 Å². The first-order chi connectivity index (χ1) is 28.4. The zero-order valence-corrected chi connectivity index (χ0v) is 32.9. The largest absolute Gasteiger partial charge is 0.388 e. The van der Waals surface area contributed by atoms with E-state index in [1.165, 1.54) is 11.1 Å². The molecule has 0 radical (unpaired) electrons. The molecule has 6 heteroatoms. The number of aryl methyl sites for hydroxylation is 2. The number of nitrogens with one attached hydrogen (secondary N) is 1. The van der Waals surface area contributed by atoms with Gasteiger partial charge in [-0.25, -0.2) is 0 Å². The highest BCUT2D eigenvalue weighted by atomic mass is 16.3. The maximum Gasteiger partial charge on any atom is 0.0863 e. The van der Waals surface area contributed by atoms with Crippen LogP contribution in [-0.2, 0) is 6.42 Å². The Morgan fingerprint density at radius 2 is 1.02 bits per heavy atom. The summed E-state index contributed by atoms with van der Waals surface area (Å²) in [5, 5.41) is 26.3. The van der Waals surface area contributed by atoms with E-state index in [0.29, 0.717) is 19.4 Å². The zero-order chi connectivity index (χ0) is 39.8. The molecule has 0 bridgehead atoms. The van der Waals surface area contributed by atoms with Gasteiger partial charge in [-0.1, -0.05) is 91.0 Å². The van der Waals surface area contributed by atoms with Gasteiger partial charge in [-0.3, -0.25) is 4.98 Å². The molecule has 58 heavy (non-hydrogen) atoms. The Labute approximate surface area is 341 Å². The van der Waals surface area contributed by atoms with Crippen molar-refractivity contribution in [3.05, 3.63) is 227 Å². The smallest absolute Gasteiger partial charge is 0.0863 e. The molecule has 288 valence electrons. The van der Waals surface area contributed by atoms with Crippen LogP contribution < -0.4 is 15.1 Å². The van der Waals surface area contributed by atoms with E-state index in [1.54, 1.807) is 6.20 Å². The molecule has 0 saturated heterocycles. The predicted molar refractivity (Wildman–Crippen MR) is 238 cm³/mol. The number of benzene rings is 6. The summed E-state index contributed by atoms with van der Waals surface area (Å²) in [6.07, 6.45) is 5.56. The van der Waals surface area contributed by atoms with Crippen molar-refractivity contribution >= 4 is 39.8 Å². The van der Waals surface area contributed by atoms with Gasteiger partial charge in [0.2, 0.25) is 0 Å². The molecule has 0 fully saturated rings. The number of para-hydroxylation sites is 2. The molecule has 0 aliphatic carbocycles. The highest BCUT2D eigenvalue weighted by Gasteiger charge is 2.18. The summed E-state index contributed by atoms with van der Waals surface area (Å²) in [7, 11) is 0. The average molecular weight is 761 g/mol. The van der Waals surface area contributed by atoms with Crippen molar-refractivity contribution in [1.82, 2.24) is 10.3 Å². The number of dihydropyridines is 1. The molecule has 1 aliphatic rings. The van der Waals surface area contributed by atoms with Crippen LogP contribution in [-0.4, -0.2) is 21.7 Å². The number of allylic oxidation sites excluding steroid dienone is 1. The Balaban J connectivity index is 0.936. The third-order valence-electron chi connectivity index (χ3n) is 10.6. The first-order valence-electron chi connectivity index (χ1n) is 19.9. The second kappa shape index (κ2) is 17.6. The maximum absolute atomic E-state index is 11.4. The van der Waals surface area contributed by atoms with Crippen LogP contribution in [0.4, 0.5) is 34.1 Å². The number of aliphatic hydroxyl groups excluding tert-OH is 2. The van der Waals surface area contributed by atoms with Crippen LogP contribution in [0.3, 0.4) is 0 Å². The summed E-state index contributed by atoms with van der Waals surface area (Å²) in [5.41, 5.74) is 14.2. The van der Waals surface area contributed by atoms with Gasteiger partial charge in [0.1, 0.15) is 0 Å². The van der Waals surface area contributed by atoms with E-state index in [-0.39, 0.29) is 0 Å². The van der Waals surface area contributed by atoms with Crippen LogP contribution in [0.1, 0.15) is 52.1 Å². The molecule has 2 atom stereocenters. The topological polar surface area (TPSA) is 71.9 Å². The van der Waals surface area contributed by atoms with Gasteiger partial charge < -0.3 is 25.3 Å². The molecule has 6 nitrogen and oxygen atoms in total. The lowest BCUT2D eigenvalue weighted by atomic mass is 9.97. The van der Waals surface area contributed by atoms with Crippen LogP contribution in [0.2, 0.25) is 0 Å². The van der Waals surface area contributed by atoms with Gasteiger partial charge in [0.05, 0.1) is 23.6 Å². The van der Waals surface area contributed by atoms with Gasteiger partial charge >= 0.3 is 0 Å². The Morgan fingerprint density at radius 1 is 0.534 bits per heavy atom. The SMILES string of the molecule is Cc1cccc(N(c2ccccc2)c2ccc(C(O)CC3=CCNC(c4cc(CC(O)c5ccc(N(c6ccccc6)c6cccc(C)c6)cc5)ccn4)=C3)cc2)c1. The quantitative estimate of drug-likeness (QED) is 0.109. The van der Waals surface area contributed by atoms with E-state index in [2.05, 4.69) is 143 Å². The van der Waals surface area contributed by atoms with Gasteiger partial charge in [0.25, 0.3) is 0 Å². The molecule has 1 aliphatic heterocycles. The van der Waals surface area contributed by atoms with Crippen molar-refractivity contribution in [2.24, 2.45) is 0 Å². The summed E-state index contributed by atoms with van der Waals surface area (Å²) >= 11 is 0. The van der Waals surface area contributed by atoms with Crippen molar-refractivity contribution in [2.75, 3.05) is 16.3 Å². The lowest BCUT2D eigenvalue weighted by Gasteiger charge is -2.26. The van der Waals surface area contributed by atoms with E-state index in [0.717, 1.165) is 67.8 Å². The molecule has 8 rings (SSSR count). The number of rotatable bonds is 13. The van der Waals surface area contributed by atoms with Crippen molar-refractivity contribution < 1.29 is 10.2 Å². The van der Waals surface area contributed by atoms with Gasteiger partial charge in [0.15, 0.2) is 0 Å². The second-order valence-corrected chi connectivity index (χ2v) is 14.9. The highest BCUT2D eigenvalue weighted by molar-refractivity contribution is 5.78. The van der Waals surface area contributed by atoms with Gasteiger partial charge in [0, 0.05) is 59.7 Å². The minimum atomic E-state index is -0.685. The van der Waals surface area contributed by atoms with Crippen LogP contribution in [0.15, 0.2) is 194 Å². The van der Waals surface area contributed by atoms with Crippen LogP contribution in [0.5, 0.6) is 0 Å². The molecule has 0 amide bonds. The average Bonchev–Trinajstić information content (AvgIpc) is 3.25. The zero-order valence-electron chi connectivity index (χ0n) is 32.9. The van der Waals surface area contributed by atoms with Crippen LogP contribution in [0, 0.1) is 13.8 Å². The summed E-state index contributed by atoms with van der Waals surface area (Å²) in [4.78, 5) is 9.14.